The van der Waals surface area contributed by atoms with Gasteiger partial charge in [-0.25, -0.2) is 4.79 Å². The molecule has 0 radical (unpaired) electrons. The van der Waals surface area contributed by atoms with Crippen LogP contribution < -0.4 is 0 Å². The van der Waals surface area contributed by atoms with Gasteiger partial charge >= 0.3 is 6.09 Å². The maximum atomic E-state index is 11.8. The average molecular weight is 279 g/mol. The van der Waals surface area contributed by atoms with Crippen LogP contribution in [0.15, 0.2) is 30.3 Å². The molecule has 4 nitrogen and oxygen atoms in total. The summed E-state index contributed by atoms with van der Waals surface area (Å²) in [6, 6.07) is 9.98. The third kappa shape index (κ3) is 6.57. The van der Waals surface area contributed by atoms with Crippen LogP contribution in [0.4, 0.5) is 4.79 Å². The van der Waals surface area contributed by atoms with E-state index in [1.54, 1.807) is 11.9 Å². The molecule has 20 heavy (non-hydrogen) atoms. The molecule has 1 rings (SSSR count). The van der Waals surface area contributed by atoms with Gasteiger partial charge in [-0.1, -0.05) is 30.3 Å². The van der Waals surface area contributed by atoms with Crippen LogP contribution in [0.3, 0.4) is 0 Å². The van der Waals surface area contributed by atoms with E-state index in [2.05, 4.69) is 0 Å². The van der Waals surface area contributed by atoms with Gasteiger partial charge in [-0.3, -0.25) is 0 Å². The van der Waals surface area contributed by atoms with Crippen molar-refractivity contribution in [3.8, 4) is 0 Å². The Labute approximate surface area is 121 Å². The van der Waals surface area contributed by atoms with E-state index in [-0.39, 0.29) is 12.2 Å². The summed E-state index contributed by atoms with van der Waals surface area (Å²) in [5.41, 5.74) is 0.652. The normalized spacial score (nSPS) is 12.8. The molecule has 0 aliphatic carbocycles. The van der Waals surface area contributed by atoms with Gasteiger partial charge < -0.3 is 14.4 Å². The van der Waals surface area contributed by atoms with E-state index >= 15 is 0 Å². The Hall–Kier alpha value is -1.55. The van der Waals surface area contributed by atoms with Crippen LogP contribution in [0.1, 0.15) is 33.3 Å². The molecule has 0 saturated carbocycles. The molecule has 0 aliphatic rings. The van der Waals surface area contributed by atoms with Crippen molar-refractivity contribution in [1.29, 1.82) is 0 Å². The van der Waals surface area contributed by atoms with Gasteiger partial charge in [0.1, 0.15) is 5.60 Å². The molecule has 1 atom stereocenters. The number of carbonyl (C=O) groups excluding carboxylic acids is 1. The SMILES string of the molecule is CC(CN(C)C(=O)OC(C)(C)C)OCc1ccccc1. The second-order valence-electron chi connectivity index (χ2n) is 5.97. The number of nitrogens with zero attached hydrogens (tertiary/aromatic N) is 1. The average Bonchev–Trinajstić information content (AvgIpc) is 2.35. The number of hydrogen-bond donors (Lipinski definition) is 0. The Bertz CT molecular complexity index is 411. The summed E-state index contributed by atoms with van der Waals surface area (Å²) in [5.74, 6) is 0. The summed E-state index contributed by atoms with van der Waals surface area (Å²) in [6.07, 6.45) is -0.375. The molecule has 0 saturated heterocycles. The lowest BCUT2D eigenvalue weighted by atomic mass is 10.2. The highest BCUT2D eigenvalue weighted by molar-refractivity contribution is 5.67. The fourth-order valence-corrected chi connectivity index (χ4v) is 1.67. The highest BCUT2D eigenvalue weighted by Crippen LogP contribution is 2.10. The number of ether oxygens (including phenoxy) is 2. The predicted octanol–water partition coefficient (Wildman–Crippen LogP) is 3.46. The van der Waals surface area contributed by atoms with E-state index in [9.17, 15) is 4.79 Å². The number of benzene rings is 1. The third-order valence-corrected chi connectivity index (χ3v) is 2.61. The monoisotopic (exact) mass is 279 g/mol. The predicted molar refractivity (Wildman–Crippen MR) is 79.6 cm³/mol. The third-order valence-electron chi connectivity index (χ3n) is 2.61. The van der Waals surface area contributed by atoms with Crippen LogP contribution in [0.5, 0.6) is 0 Å². The van der Waals surface area contributed by atoms with Gasteiger partial charge in [0.05, 0.1) is 12.7 Å². The van der Waals surface area contributed by atoms with Crippen LogP contribution in [-0.2, 0) is 16.1 Å². The minimum atomic E-state index is -0.473. The minimum absolute atomic E-state index is 0.0484. The zero-order valence-electron chi connectivity index (χ0n) is 13.1. The maximum Gasteiger partial charge on any atom is 0.410 e. The second kappa shape index (κ2) is 7.29. The van der Waals surface area contributed by atoms with Gasteiger partial charge in [-0.2, -0.15) is 0 Å². The second-order valence-corrected chi connectivity index (χ2v) is 5.97. The van der Waals surface area contributed by atoms with Crippen LogP contribution >= 0.6 is 0 Å². The molecule has 0 bridgehead atoms. The summed E-state index contributed by atoms with van der Waals surface area (Å²) >= 11 is 0. The Morgan fingerprint density at radius 2 is 1.85 bits per heavy atom. The van der Waals surface area contributed by atoms with E-state index in [1.807, 2.05) is 58.0 Å². The van der Waals surface area contributed by atoms with Crippen molar-refractivity contribution in [2.75, 3.05) is 13.6 Å². The van der Waals surface area contributed by atoms with Gasteiger partial charge in [-0.15, -0.1) is 0 Å². The molecule has 112 valence electrons. The zero-order valence-corrected chi connectivity index (χ0v) is 13.1. The molecule has 4 heteroatoms. The number of rotatable bonds is 5. The first-order valence-electron chi connectivity index (χ1n) is 6.87. The highest BCUT2D eigenvalue weighted by Gasteiger charge is 2.20. The lowest BCUT2D eigenvalue weighted by Gasteiger charge is -2.26. The van der Waals surface area contributed by atoms with Crippen molar-refractivity contribution in [2.45, 2.75) is 46.0 Å². The zero-order chi connectivity index (χ0) is 15.2. The molecular weight excluding hydrogens is 254 g/mol. The van der Waals surface area contributed by atoms with E-state index in [1.165, 1.54) is 0 Å². The molecule has 0 spiro atoms. The first-order valence-corrected chi connectivity index (χ1v) is 6.87. The van der Waals surface area contributed by atoms with Crippen LogP contribution in [-0.4, -0.2) is 36.3 Å². The first kappa shape index (κ1) is 16.5. The van der Waals surface area contributed by atoms with Crippen LogP contribution in [0.25, 0.3) is 0 Å². The Kier molecular flexibility index (Phi) is 6.02. The summed E-state index contributed by atoms with van der Waals surface area (Å²) in [7, 11) is 1.72. The molecule has 1 amide bonds. The van der Waals surface area contributed by atoms with Gasteiger partial charge in [0, 0.05) is 13.6 Å². The molecule has 1 aromatic carbocycles. The molecule has 0 aliphatic heterocycles. The van der Waals surface area contributed by atoms with Crippen molar-refractivity contribution in [3.05, 3.63) is 35.9 Å². The van der Waals surface area contributed by atoms with Crippen LogP contribution in [0, 0.1) is 0 Å². The van der Waals surface area contributed by atoms with E-state index < -0.39 is 5.60 Å². The van der Waals surface area contributed by atoms with Crippen LogP contribution in [0.2, 0.25) is 0 Å². The number of carbonyl (C=O) groups is 1. The standard InChI is InChI=1S/C16H25NO3/c1-13(19-12-14-9-7-6-8-10-14)11-17(5)15(18)20-16(2,3)4/h6-10,13H,11-12H2,1-5H3. The maximum absolute atomic E-state index is 11.8. The molecule has 1 aromatic rings. The largest absolute Gasteiger partial charge is 0.444 e. The first-order chi connectivity index (χ1) is 9.28. The molecular formula is C16H25NO3. The van der Waals surface area contributed by atoms with Gasteiger partial charge in [0.25, 0.3) is 0 Å². The van der Waals surface area contributed by atoms with Gasteiger partial charge in [0.15, 0.2) is 0 Å². The Morgan fingerprint density at radius 3 is 2.40 bits per heavy atom. The van der Waals surface area contributed by atoms with E-state index in [0.29, 0.717) is 13.2 Å². The van der Waals surface area contributed by atoms with Crippen molar-refractivity contribution in [2.24, 2.45) is 0 Å². The quantitative estimate of drug-likeness (QED) is 0.828. The molecule has 0 heterocycles. The smallest absolute Gasteiger partial charge is 0.410 e. The van der Waals surface area contributed by atoms with Gasteiger partial charge in [-0.05, 0) is 33.3 Å². The Balaban J connectivity index is 2.34. The minimum Gasteiger partial charge on any atom is -0.444 e. The lowest BCUT2D eigenvalue weighted by molar-refractivity contribution is 0.00405. The summed E-state index contributed by atoms with van der Waals surface area (Å²) in [6.45, 7) is 8.56. The topological polar surface area (TPSA) is 38.8 Å². The highest BCUT2D eigenvalue weighted by atomic mass is 16.6. The molecule has 0 fully saturated rings. The summed E-state index contributed by atoms with van der Waals surface area (Å²) in [5, 5.41) is 0. The van der Waals surface area contributed by atoms with Crippen molar-refractivity contribution in [3.63, 3.8) is 0 Å². The fraction of sp³-hybridized carbons (Fsp3) is 0.562. The number of hydrogen-bond acceptors (Lipinski definition) is 3. The van der Waals surface area contributed by atoms with Crippen molar-refractivity contribution < 1.29 is 14.3 Å². The Morgan fingerprint density at radius 1 is 1.25 bits per heavy atom. The molecule has 1 unspecified atom stereocenters. The number of likely N-dealkylation sites (N-methyl/N-ethyl adjacent to an activating group) is 1. The fourth-order valence-electron chi connectivity index (χ4n) is 1.67. The van der Waals surface area contributed by atoms with E-state index in [4.69, 9.17) is 9.47 Å². The van der Waals surface area contributed by atoms with Gasteiger partial charge in [0.2, 0.25) is 0 Å². The summed E-state index contributed by atoms with van der Waals surface area (Å²) < 4.78 is 11.0. The van der Waals surface area contributed by atoms with Crippen molar-refractivity contribution in [1.82, 2.24) is 4.90 Å². The molecule has 0 N–H and O–H groups in total. The van der Waals surface area contributed by atoms with E-state index in [0.717, 1.165) is 5.56 Å². The van der Waals surface area contributed by atoms with Crippen molar-refractivity contribution >= 4 is 6.09 Å². The number of amides is 1. The summed E-state index contributed by atoms with van der Waals surface area (Å²) in [4.78, 5) is 13.4. The lowest BCUT2D eigenvalue weighted by Crippen LogP contribution is -2.38. The molecule has 0 aromatic heterocycles.